The molecule has 0 unspecified atom stereocenters. The molecular formula is C16H21N3O3. The van der Waals surface area contributed by atoms with E-state index in [2.05, 4.69) is 9.97 Å². The van der Waals surface area contributed by atoms with E-state index in [0.717, 1.165) is 11.3 Å². The summed E-state index contributed by atoms with van der Waals surface area (Å²) in [7, 11) is 0. The first-order valence-electron chi connectivity index (χ1n) is 7.26. The lowest BCUT2D eigenvalue weighted by Crippen LogP contribution is -2.39. The Morgan fingerprint density at radius 2 is 2.14 bits per heavy atom. The average molecular weight is 303 g/mol. The molecule has 0 bridgehead atoms. The van der Waals surface area contributed by atoms with Crippen molar-refractivity contribution in [2.75, 3.05) is 13.1 Å². The quantitative estimate of drug-likeness (QED) is 0.785. The maximum absolute atomic E-state index is 12.0. The van der Waals surface area contributed by atoms with Crippen molar-refractivity contribution in [3.8, 4) is 0 Å². The third kappa shape index (κ3) is 3.90. The summed E-state index contributed by atoms with van der Waals surface area (Å²) in [5.41, 5.74) is 2.27. The summed E-state index contributed by atoms with van der Waals surface area (Å²) in [5, 5.41) is 0. The highest BCUT2D eigenvalue weighted by Crippen LogP contribution is 2.22. The highest BCUT2D eigenvalue weighted by atomic mass is 16.6. The molecule has 0 aliphatic carbocycles. The van der Waals surface area contributed by atoms with Gasteiger partial charge in [0.25, 0.3) is 0 Å². The lowest BCUT2D eigenvalue weighted by atomic mass is 10.1. The van der Waals surface area contributed by atoms with Gasteiger partial charge >= 0.3 is 6.09 Å². The van der Waals surface area contributed by atoms with Gasteiger partial charge in [-0.3, -0.25) is 4.79 Å². The molecule has 0 atom stereocenters. The Morgan fingerprint density at radius 1 is 1.41 bits per heavy atom. The molecule has 0 fully saturated rings. The number of amides is 1. The average Bonchev–Trinajstić information content (AvgIpc) is 2.45. The number of ether oxygens (including phenoxy) is 1. The van der Waals surface area contributed by atoms with E-state index in [9.17, 15) is 9.59 Å². The Bertz CT molecular complexity index is 618. The lowest BCUT2D eigenvalue weighted by Gasteiger charge is -2.29. The van der Waals surface area contributed by atoms with Crippen LogP contribution in [0.25, 0.3) is 5.57 Å². The van der Waals surface area contributed by atoms with E-state index in [1.807, 2.05) is 26.8 Å². The third-order valence-electron chi connectivity index (χ3n) is 3.29. The van der Waals surface area contributed by atoms with Crippen LogP contribution in [-0.2, 0) is 4.74 Å². The van der Waals surface area contributed by atoms with Crippen LogP contribution in [0.3, 0.4) is 0 Å². The van der Waals surface area contributed by atoms with Crippen molar-refractivity contribution >= 4 is 18.0 Å². The topological polar surface area (TPSA) is 72.4 Å². The Labute approximate surface area is 130 Å². The normalized spacial score (nSPS) is 15.3. The van der Waals surface area contributed by atoms with Crippen LogP contribution < -0.4 is 0 Å². The molecule has 6 nitrogen and oxygen atoms in total. The van der Waals surface area contributed by atoms with Gasteiger partial charge in [0.15, 0.2) is 6.29 Å². The van der Waals surface area contributed by atoms with E-state index in [4.69, 9.17) is 4.74 Å². The number of aryl methyl sites for hydroxylation is 1. The van der Waals surface area contributed by atoms with Gasteiger partial charge in [0, 0.05) is 13.1 Å². The van der Waals surface area contributed by atoms with Gasteiger partial charge < -0.3 is 9.64 Å². The van der Waals surface area contributed by atoms with Gasteiger partial charge in [-0.25, -0.2) is 14.8 Å². The van der Waals surface area contributed by atoms with E-state index >= 15 is 0 Å². The zero-order valence-corrected chi connectivity index (χ0v) is 13.4. The molecule has 0 aromatic carbocycles. The minimum Gasteiger partial charge on any atom is -0.444 e. The molecular weight excluding hydrogens is 282 g/mol. The molecule has 1 aromatic rings. The molecule has 0 saturated heterocycles. The molecule has 0 saturated carbocycles. The lowest BCUT2D eigenvalue weighted by molar-refractivity contribution is 0.0270. The number of hydrogen-bond acceptors (Lipinski definition) is 5. The van der Waals surface area contributed by atoms with Crippen molar-refractivity contribution in [3.63, 3.8) is 0 Å². The molecule has 2 heterocycles. The van der Waals surface area contributed by atoms with Crippen LogP contribution in [0.2, 0.25) is 0 Å². The molecule has 0 radical (unpaired) electrons. The molecule has 22 heavy (non-hydrogen) atoms. The van der Waals surface area contributed by atoms with Crippen molar-refractivity contribution in [1.82, 2.24) is 14.9 Å². The first kappa shape index (κ1) is 16.1. The number of rotatable bonds is 2. The Hall–Kier alpha value is -2.24. The summed E-state index contributed by atoms with van der Waals surface area (Å²) in [6, 6.07) is 0. The van der Waals surface area contributed by atoms with Crippen molar-refractivity contribution in [3.05, 3.63) is 29.4 Å². The van der Waals surface area contributed by atoms with Crippen molar-refractivity contribution < 1.29 is 14.3 Å². The smallest absolute Gasteiger partial charge is 0.410 e. The van der Waals surface area contributed by atoms with Crippen LogP contribution in [0.5, 0.6) is 0 Å². The van der Waals surface area contributed by atoms with Gasteiger partial charge in [0.05, 0.1) is 17.6 Å². The van der Waals surface area contributed by atoms with Crippen molar-refractivity contribution in [2.45, 2.75) is 39.7 Å². The maximum atomic E-state index is 12.0. The number of carbonyl (C=O) groups is 2. The fourth-order valence-electron chi connectivity index (χ4n) is 2.16. The van der Waals surface area contributed by atoms with Gasteiger partial charge in [0.1, 0.15) is 11.3 Å². The van der Waals surface area contributed by atoms with Crippen LogP contribution in [0.4, 0.5) is 4.79 Å². The van der Waals surface area contributed by atoms with Gasteiger partial charge in [-0.15, -0.1) is 0 Å². The Kier molecular flexibility index (Phi) is 4.59. The highest BCUT2D eigenvalue weighted by molar-refractivity contribution is 5.75. The van der Waals surface area contributed by atoms with Crippen molar-refractivity contribution in [2.24, 2.45) is 0 Å². The molecule has 1 aliphatic heterocycles. The summed E-state index contributed by atoms with van der Waals surface area (Å²) in [6.45, 7) is 8.38. The molecule has 2 rings (SSSR count). The van der Waals surface area contributed by atoms with E-state index < -0.39 is 5.60 Å². The van der Waals surface area contributed by atoms with Crippen LogP contribution >= 0.6 is 0 Å². The first-order valence-corrected chi connectivity index (χ1v) is 7.26. The van der Waals surface area contributed by atoms with Gasteiger partial charge in [-0.05, 0) is 39.7 Å². The minimum absolute atomic E-state index is 0.304. The monoisotopic (exact) mass is 303 g/mol. The Morgan fingerprint density at radius 3 is 2.64 bits per heavy atom. The second kappa shape index (κ2) is 6.25. The molecule has 0 spiro atoms. The van der Waals surface area contributed by atoms with Gasteiger partial charge in [0.2, 0.25) is 0 Å². The summed E-state index contributed by atoms with van der Waals surface area (Å²) >= 11 is 0. The SMILES string of the molecule is Cc1nc(C2=CCN(C(=O)OC(C)(C)C)CC2)cnc1C=O. The van der Waals surface area contributed by atoms with E-state index in [1.165, 1.54) is 0 Å². The van der Waals surface area contributed by atoms with Gasteiger partial charge in [-0.1, -0.05) is 6.08 Å². The molecule has 118 valence electrons. The number of aldehydes is 1. The first-order chi connectivity index (χ1) is 10.3. The summed E-state index contributed by atoms with van der Waals surface area (Å²) in [4.78, 5) is 32.9. The fraction of sp³-hybridized carbons (Fsp3) is 0.500. The number of aromatic nitrogens is 2. The number of hydrogen-bond donors (Lipinski definition) is 0. The summed E-state index contributed by atoms with van der Waals surface area (Å²) < 4.78 is 5.36. The summed E-state index contributed by atoms with van der Waals surface area (Å²) in [6.07, 6.45) is 4.64. The minimum atomic E-state index is -0.492. The second-order valence-electron chi connectivity index (χ2n) is 6.25. The maximum Gasteiger partial charge on any atom is 0.410 e. The predicted molar refractivity (Wildman–Crippen MR) is 82.6 cm³/mol. The van der Waals surface area contributed by atoms with E-state index in [1.54, 1.807) is 18.0 Å². The standard InChI is InChI=1S/C16H21N3O3/c1-11-14(10-20)17-9-13(18-11)12-5-7-19(8-6-12)15(21)22-16(2,3)4/h5,9-10H,6-8H2,1-4H3. The van der Waals surface area contributed by atoms with Crippen molar-refractivity contribution in [1.29, 1.82) is 0 Å². The third-order valence-corrected chi connectivity index (χ3v) is 3.29. The number of nitrogens with zero attached hydrogens (tertiary/aromatic N) is 3. The number of carbonyl (C=O) groups excluding carboxylic acids is 2. The molecule has 1 aromatic heterocycles. The molecule has 1 amide bonds. The summed E-state index contributed by atoms with van der Waals surface area (Å²) in [5.74, 6) is 0. The molecule has 0 N–H and O–H groups in total. The molecule has 1 aliphatic rings. The molecule has 6 heteroatoms. The van der Waals surface area contributed by atoms with Crippen LogP contribution in [0, 0.1) is 6.92 Å². The predicted octanol–water partition coefficient (Wildman–Crippen LogP) is 2.62. The highest BCUT2D eigenvalue weighted by Gasteiger charge is 2.24. The largest absolute Gasteiger partial charge is 0.444 e. The van der Waals surface area contributed by atoms with Gasteiger partial charge in [-0.2, -0.15) is 0 Å². The van der Waals surface area contributed by atoms with Crippen LogP contribution in [0.15, 0.2) is 12.3 Å². The van der Waals surface area contributed by atoms with Crippen LogP contribution in [0.1, 0.15) is 49.1 Å². The van der Waals surface area contributed by atoms with E-state index in [-0.39, 0.29) is 6.09 Å². The van der Waals surface area contributed by atoms with E-state index in [0.29, 0.717) is 37.2 Å². The second-order valence-corrected chi connectivity index (χ2v) is 6.25. The fourth-order valence-corrected chi connectivity index (χ4v) is 2.16. The zero-order chi connectivity index (χ0) is 16.3. The van der Waals surface area contributed by atoms with Crippen LogP contribution in [-0.4, -0.2) is 45.9 Å². The Balaban J connectivity index is 2.07. The zero-order valence-electron chi connectivity index (χ0n) is 13.4.